The Balaban J connectivity index is 2.03. The Hall–Kier alpha value is -0.930. The number of ether oxygens (including phenoxy) is 4. The van der Waals surface area contributed by atoms with E-state index >= 15 is 0 Å². The van der Waals surface area contributed by atoms with Gasteiger partial charge in [-0.1, -0.05) is 0 Å². The van der Waals surface area contributed by atoms with Gasteiger partial charge < -0.3 is 54.7 Å². The minimum atomic E-state index is -1.79. The normalized spacial score (nSPS) is 46.8. The fourth-order valence-corrected chi connectivity index (χ4v) is 2.74. The molecular weight excluding hydrogens is 360 g/mol. The summed E-state index contributed by atoms with van der Waals surface area (Å²) in [5.74, 6) is -0.649. The monoisotopic (exact) mass is 384 g/mol. The van der Waals surface area contributed by atoms with E-state index in [0.717, 1.165) is 6.92 Å². The fraction of sp³-hybridized carbons (Fsp3) is 0.929. The molecule has 0 aromatic carbocycles. The largest absolute Gasteiger partial charge is 0.463 e. The van der Waals surface area contributed by atoms with Crippen molar-refractivity contribution in [2.75, 3.05) is 13.2 Å². The van der Waals surface area contributed by atoms with Crippen LogP contribution in [0.2, 0.25) is 0 Å². The summed E-state index contributed by atoms with van der Waals surface area (Å²) >= 11 is 0. The van der Waals surface area contributed by atoms with E-state index in [1.54, 1.807) is 0 Å². The van der Waals surface area contributed by atoms with Crippen LogP contribution < -0.4 is 0 Å². The minimum Gasteiger partial charge on any atom is -0.463 e. The molecule has 0 amide bonds. The van der Waals surface area contributed by atoms with E-state index in [1.807, 2.05) is 0 Å². The molecular formula is C14H24O12. The quantitative estimate of drug-likeness (QED) is 0.224. The van der Waals surface area contributed by atoms with Crippen LogP contribution in [0.15, 0.2) is 0 Å². The van der Waals surface area contributed by atoms with Gasteiger partial charge in [0.15, 0.2) is 12.6 Å². The van der Waals surface area contributed by atoms with E-state index in [1.165, 1.54) is 0 Å². The molecule has 0 aliphatic carbocycles. The maximum absolute atomic E-state index is 10.8. The molecule has 2 aliphatic heterocycles. The van der Waals surface area contributed by atoms with Gasteiger partial charge in [0.1, 0.15) is 55.4 Å². The summed E-state index contributed by atoms with van der Waals surface area (Å²) in [5.41, 5.74) is 0. The third kappa shape index (κ3) is 4.48. The summed E-state index contributed by atoms with van der Waals surface area (Å²) < 4.78 is 20.0. The van der Waals surface area contributed by atoms with E-state index < -0.39 is 80.6 Å². The second-order valence-corrected chi connectivity index (χ2v) is 6.15. The molecule has 152 valence electrons. The third-order valence-electron chi connectivity index (χ3n) is 4.25. The molecule has 2 rings (SSSR count). The van der Waals surface area contributed by atoms with Crippen LogP contribution in [0.3, 0.4) is 0 Å². The highest BCUT2D eigenvalue weighted by Crippen LogP contribution is 2.28. The molecule has 0 aromatic rings. The average Bonchev–Trinajstić information content (AvgIpc) is 2.60. The van der Waals surface area contributed by atoms with Crippen LogP contribution in [0.5, 0.6) is 0 Å². The van der Waals surface area contributed by atoms with E-state index in [0.29, 0.717) is 0 Å². The summed E-state index contributed by atoms with van der Waals surface area (Å²) in [6.45, 7) is 0.0225. The van der Waals surface area contributed by atoms with Crippen molar-refractivity contribution in [3.8, 4) is 0 Å². The van der Waals surface area contributed by atoms with Crippen LogP contribution in [-0.2, 0) is 23.7 Å². The number of hydrogen-bond acceptors (Lipinski definition) is 12. The van der Waals surface area contributed by atoms with E-state index in [4.69, 9.17) is 19.3 Å². The van der Waals surface area contributed by atoms with Crippen LogP contribution in [0.4, 0.5) is 0 Å². The van der Waals surface area contributed by atoms with Gasteiger partial charge in [-0.05, 0) is 0 Å². The lowest BCUT2D eigenvalue weighted by Crippen LogP contribution is -2.64. The zero-order valence-corrected chi connectivity index (χ0v) is 13.9. The summed E-state index contributed by atoms with van der Waals surface area (Å²) in [7, 11) is 0. The molecule has 26 heavy (non-hydrogen) atoms. The van der Waals surface area contributed by atoms with Crippen molar-refractivity contribution in [3.05, 3.63) is 0 Å². The van der Waals surface area contributed by atoms with Gasteiger partial charge in [0, 0.05) is 6.92 Å². The first kappa shape index (κ1) is 21.4. The molecule has 0 unspecified atom stereocenters. The fourth-order valence-electron chi connectivity index (χ4n) is 2.74. The van der Waals surface area contributed by atoms with Crippen LogP contribution in [0.25, 0.3) is 0 Å². The SMILES string of the molecule is CC(=O)OC[C@H]1O[C@@H](O)[C@H](O[C@@H]2O[C@H](CO)[C@H](O)[C@H](O)[C@H]2O)[C@@H](O)[C@H]1O. The van der Waals surface area contributed by atoms with Crippen molar-refractivity contribution in [1.82, 2.24) is 0 Å². The van der Waals surface area contributed by atoms with Gasteiger partial charge in [-0.25, -0.2) is 0 Å². The van der Waals surface area contributed by atoms with Crippen LogP contribution in [0.1, 0.15) is 6.92 Å². The molecule has 2 fully saturated rings. The van der Waals surface area contributed by atoms with Crippen molar-refractivity contribution >= 4 is 5.97 Å². The number of aliphatic hydroxyl groups excluding tert-OH is 7. The zero-order valence-electron chi connectivity index (χ0n) is 13.9. The van der Waals surface area contributed by atoms with E-state index in [2.05, 4.69) is 4.74 Å². The number of hydrogen-bond donors (Lipinski definition) is 7. The van der Waals surface area contributed by atoms with Gasteiger partial charge in [0.05, 0.1) is 6.61 Å². The third-order valence-corrected chi connectivity index (χ3v) is 4.25. The smallest absolute Gasteiger partial charge is 0.302 e. The molecule has 2 heterocycles. The molecule has 0 aromatic heterocycles. The van der Waals surface area contributed by atoms with E-state index in [9.17, 15) is 35.4 Å². The molecule has 10 atom stereocenters. The Morgan fingerprint density at radius 2 is 1.50 bits per heavy atom. The highest BCUT2D eigenvalue weighted by Gasteiger charge is 2.50. The highest BCUT2D eigenvalue weighted by atomic mass is 16.7. The van der Waals surface area contributed by atoms with Gasteiger partial charge >= 0.3 is 5.97 Å². The molecule has 0 bridgehead atoms. The summed E-state index contributed by atoms with van der Waals surface area (Å²) in [6.07, 6.45) is -15.9. The Kier molecular flexibility index (Phi) is 7.27. The lowest BCUT2D eigenvalue weighted by Gasteiger charge is -2.45. The van der Waals surface area contributed by atoms with Gasteiger partial charge in [-0.3, -0.25) is 4.79 Å². The van der Waals surface area contributed by atoms with Crippen molar-refractivity contribution in [2.24, 2.45) is 0 Å². The Morgan fingerprint density at radius 3 is 2.08 bits per heavy atom. The highest BCUT2D eigenvalue weighted by molar-refractivity contribution is 5.65. The molecule has 0 radical (unpaired) electrons. The molecule has 12 heteroatoms. The first-order valence-corrected chi connectivity index (χ1v) is 7.96. The Labute approximate surface area is 148 Å². The van der Waals surface area contributed by atoms with Crippen molar-refractivity contribution in [1.29, 1.82) is 0 Å². The predicted molar refractivity (Wildman–Crippen MR) is 78.2 cm³/mol. The zero-order chi connectivity index (χ0) is 19.6. The molecule has 12 nitrogen and oxygen atoms in total. The van der Waals surface area contributed by atoms with Gasteiger partial charge in [-0.15, -0.1) is 0 Å². The lowest BCUT2D eigenvalue weighted by molar-refractivity contribution is -0.361. The Bertz CT molecular complexity index is 473. The standard InChI is InChI=1S/C14H24O12/c1-4(16)23-3-6-8(18)10(20)12(13(22)24-6)26-14-11(21)9(19)7(17)5(2-15)25-14/h5-15,17-22H,2-3H2,1H3/t5-,6-,7+,8+,9+,10+,11-,12-,13-,14+/m1/s1. The second-order valence-electron chi connectivity index (χ2n) is 6.15. The maximum atomic E-state index is 10.8. The van der Waals surface area contributed by atoms with Crippen molar-refractivity contribution in [3.63, 3.8) is 0 Å². The van der Waals surface area contributed by atoms with Crippen molar-refractivity contribution in [2.45, 2.75) is 68.3 Å². The number of esters is 1. The number of carbonyl (C=O) groups is 1. The first-order chi connectivity index (χ1) is 12.2. The summed E-state index contributed by atoms with van der Waals surface area (Å²) in [5, 5.41) is 68.7. The number of aliphatic hydroxyl groups is 7. The number of rotatable bonds is 5. The van der Waals surface area contributed by atoms with Crippen LogP contribution >= 0.6 is 0 Å². The van der Waals surface area contributed by atoms with Crippen LogP contribution in [0, 0.1) is 0 Å². The topological polar surface area (TPSA) is 196 Å². The maximum Gasteiger partial charge on any atom is 0.302 e. The van der Waals surface area contributed by atoms with Gasteiger partial charge in [0.25, 0.3) is 0 Å². The summed E-state index contributed by atoms with van der Waals surface area (Å²) in [6, 6.07) is 0. The van der Waals surface area contributed by atoms with Crippen molar-refractivity contribution < 1.29 is 59.5 Å². The first-order valence-electron chi connectivity index (χ1n) is 7.96. The predicted octanol–water partition coefficient (Wildman–Crippen LogP) is -4.83. The lowest BCUT2D eigenvalue weighted by atomic mass is 9.97. The van der Waals surface area contributed by atoms with Gasteiger partial charge in [-0.2, -0.15) is 0 Å². The number of carbonyl (C=O) groups excluding carboxylic acids is 1. The molecule has 2 aliphatic rings. The average molecular weight is 384 g/mol. The molecule has 7 N–H and O–H groups in total. The molecule has 2 saturated heterocycles. The molecule has 0 saturated carbocycles. The van der Waals surface area contributed by atoms with E-state index in [-0.39, 0.29) is 0 Å². The Morgan fingerprint density at radius 1 is 0.885 bits per heavy atom. The second kappa shape index (κ2) is 8.84. The summed E-state index contributed by atoms with van der Waals surface area (Å²) in [4.78, 5) is 10.8. The molecule has 0 spiro atoms. The van der Waals surface area contributed by atoms with Gasteiger partial charge in [0.2, 0.25) is 0 Å². The van der Waals surface area contributed by atoms with Crippen LogP contribution in [-0.4, -0.2) is 116 Å². The minimum absolute atomic E-state index is 0.419.